The van der Waals surface area contributed by atoms with Crippen LogP contribution in [0.25, 0.3) is 0 Å². The highest BCUT2D eigenvalue weighted by molar-refractivity contribution is 7.11. The second-order valence-corrected chi connectivity index (χ2v) is 6.58. The van der Waals surface area contributed by atoms with Crippen LogP contribution in [0.2, 0.25) is 0 Å². The van der Waals surface area contributed by atoms with Crippen LogP contribution in [-0.2, 0) is 14.3 Å². The van der Waals surface area contributed by atoms with Crippen molar-refractivity contribution in [3.05, 3.63) is 10.0 Å². The zero-order chi connectivity index (χ0) is 14.8. The smallest absolute Gasteiger partial charge is 0.397 e. The minimum absolute atomic E-state index is 0.232. The van der Waals surface area contributed by atoms with E-state index in [4.69, 9.17) is 4.74 Å². The van der Waals surface area contributed by atoms with Crippen molar-refractivity contribution in [1.82, 2.24) is 15.1 Å². The van der Waals surface area contributed by atoms with Crippen molar-refractivity contribution in [2.24, 2.45) is 0 Å². The number of nitrogens with zero attached hydrogens (tertiary/aromatic N) is 3. The van der Waals surface area contributed by atoms with E-state index in [1.807, 2.05) is 0 Å². The van der Waals surface area contributed by atoms with Crippen molar-refractivity contribution in [2.75, 3.05) is 19.7 Å². The molecule has 2 heterocycles. The molecule has 6 nitrogen and oxygen atoms in total. The van der Waals surface area contributed by atoms with Crippen LogP contribution in [0.4, 0.5) is 0 Å². The van der Waals surface area contributed by atoms with Crippen LogP contribution in [0.15, 0.2) is 0 Å². The molecule has 0 N–H and O–H groups in total. The Labute approximate surface area is 127 Å². The molecular weight excluding hydrogens is 290 g/mol. The number of hydrogen-bond donors (Lipinski definition) is 0. The summed E-state index contributed by atoms with van der Waals surface area (Å²) in [5, 5.41) is 10.8. The lowest BCUT2D eigenvalue weighted by molar-refractivity contribution is -0.160. The normalized spacial score (nSPS) is 19.6. The number of carbonyl (C=O) groups excluding carboxylic acids is 2. The Kier molecular flexibility index (Phi) is 4.19. The molecule has 2 aliphatic rings. The van der Waals surface area contributed by atoms with E-state index in [0.717, 1.165) is 22.9 Å². The molecule has 1 saturated heterocycles. The molecule has 0 aromatic carbocycles. The molecule has 1 saturated carbocycles. The molecule has 0 radical (unpaired) electrons. The number of likely N-dealkylation sites (tertiary alicyclic amines) is 1. The van der Waals surface area contributed by atoms with Gasteiger partial charge in [0.2, 0.25) is 0 Å². The zero-order valence-corrected chi connectivity index (χ0v) is 12.9. The minimum atomic E-state index is -0.747. The number of amides is 1. The predicted molar refractivity (Wildman–Crippen MR) is 77.1 cm³/mol. The fourth-order valence-electron chi connectivity index (χ4n) is 2.56. The van der Waals surface area contributed by atoms with Gasteiger partial charge in [0.05, 0.1) is 6.61 Å². The lowest BCUT2D eigenvalue weighted by atomic mass is 9.97. The summed E-state index contributed by atoms with van der Waals surface area (Å²) in [4.78, 5) is 24.9. The Morgan fingerprint density at radius 1 is 1.14 bits per heavy atom. The van der Waals surface area contributed by atoms with Gasteiger partial charge >= 0.3 is 11.9 Å². The molecule has 21 heavy (non-hydrogen) atoms. The first kappa shape index (κ1) is 14.4. The molecule has 0 bridgehead atoms. The van der Waals surface area contributed by atoms with Crippen LogP contribution < -0.4 is 0 Å². The molecule has 0 unspecified atom stereocenters. The van der Waals surface area contributed by atoms with E-state index < -0.39 is 11.9 Å². The van der Waals surface area contributed by atoms with Crippen molar-refractivity contribution in [1.29, 1.82) is 0 Å². The summed E-state index contributed by atoms with van der Waals surface area (Å²) in [5.74, 6) is -0.267. The summed E-state index contributed by atoms with van der Waals surface area (Å²) in [6.07, 6.45) is 4.15. The Balaban J connectivity index is 1.54. The van der Waals surface area contributed by atoms with Gasteiger partial charge in [0.1, 0.15) is 10.0 Å². The SMILES string of the molecule is CCOC(=O)C(=O)N1CCC(c2nnc(C3CC3)s2)CC1. The molecule has 2 fully saturated rings. The van der Waals surface area contributed by atoms with Crippen molar-refractivity contribution in [2.45, 2.75) is 44.4 Å². The molecule has 114 valence electrons. The van der Waals surface area contributed by atoms with E-state index in [9.17, 15) is 9.59 Å². The molecule has 1 aliphatic heterocycles. The van der Waals surface area contributed by atoms with Gasteiger partial charge in [-0.05, 0) is 32.6 Å². The van der Waals surface area contributed by atoms with Crippen LogP contribution in [-0.4, -0.2) is 46.7 Å². The molecule has 7 heteroatoms. The Morgan fingerprint density at radius 2 is 1.71 bits per heavy atom. The van der Waals surface area contributed by atoms with Gasteiger partial charge in [0.15, 0.2) is 0 Å². The highest BCUT2D eigenvalue weighted by Crippen LogP contribution is 2.43. The summed E-state index contributed by atoms with van der Waals surface area (Å²) in [6.45, 7) is 3.10. The van der Waals surface area contributed by atoms with Crippen molar-refractivity contribution < 1.29 is 14.3 Å². The third kappa shape index (κ3) is 3.23. The number of rotatable bonds is 3. The summed E-state index contributed by atoms with van der Waals surface area (Å²) in [6, 6.07) is 0. The standard InChI is InChI=1S/C14H19N3O3S/c1-2-20-14(19)13(18)17-7-5-10(6-8-17)12-16-15-11(21-12)9-3-4-9/h9-10H,2-8H2,1H3. The molecule has 1 aromatic rings. The number of piperidine rings is 1. The Hall–Kier alpha value is -1.50. The van der Waals surface area contributed by atoms with Gasteiger partial charge in [0, 0.05) is 24.9 Å². The summed E-state index contributed by atoms with van der Waals surface area (Å²) in [7, 11) is 0. The zero-order valence-electron chi connectivity index (χ0n) is 12.1. The van der Waals surface area contributed by atoms with Crippen LogP contribution in [0.5, 0.6) is 0 Å². The molecule has 1 aliphatic carbocycles. The van der Waals surface area contributed by atoms with Gasteiger partial charge in [-0.3, -0.25) is 4.79 Å². The second-order valence-electron chi connectivity index (χ2n) is 5.54. The van der Waals surface area contributed by atoms with E-state index in [1.54, 1.807) is 23.2 Å². The summed E-state index contributed by atoms with van der Waals surface area (Å²) >= 11 is 1.72. The monoisotopic (exact) mass is 309 g/mol. The van der Waals surface area contributed by atoms with Gasteiger partial charge in [-0.25, -0.2) is 4.79 Å². The number of ether oxygens (including phenoxy) is 1. The number of carbonyl (C=O) groups is 2. The average molecular weight is 309 g/mol. The van der Waals surface area contributed by atoms with Gasteiger partial charge < -0.3 is 9.64 Å². The largest absolute Gasteiger partial charge is 0.459 e. The first-order valence-electron chi connectivity index (χ1n) is 7.48. The van der Waals surface area contributed by atoms with Crippen molar-refractivity contribution in [3.63, 3.8) is 0 Å². The first-order valence-corrected chi connectivity index (χ1v) is 8.30. The van der Waals surface area contributed by atoms with E-state index in [1.165, 1.54) is 12.8 Å². The van der Waals surface area contributed by atoms with Crippen LogP contribution in [0.3, 0.4) is 0 Å². The lowest BCUT2D eigenvalue weighted by Gasteiger charge is -2.30. The Morgan fingerprint density at radius 3 is 2.24 bits per heavy atom. The fraction of sp³-hybridized carbons (Fsp3) is 0.714. The topological polar surface area (TPSA) is 72.4 Å². The van der Waals surface area contributed by atoms with Gasteiger partial charge in [-0.1, -0.05) is 0 Å². The van der Waals surface area contributed by atoms with E-state index in [0.29, 0.717) is 24.9 Å². The molecule has 1 amide bonds. The lowest BCUT2D eigenvalue weighted by Crippen LogP contribution is -2.42. The second kappa shape index (κ2) is 6.09. The van der Waals surface area contributed by atoms with Gasteiger partial charge in [-0.15, -0.1) is 21.5 Å². The maximum absolute atomic E-state index is 11.9. The quantitative estimate of drug-likeness (QED) is 0.627. The predicted octanol–water partition coefficient (Wildman–Crippen LogP) is 1.68. The highest BCUT2D eigenvalue weighted by Gasteiger charge is 2.32. The van der Waals surface area contributed by atoms with E-state index in [2.05, 4.69) is 10.2 Å². The number of hydrogen-bond acceptors (Lipinski definition) is 6. The molecule has 3 rings (SSSR count). The van der Waals surface area contributed by atoms with Crippen LogP contribution >= 0.6 is 11.3 Å². The third-order valence-corrected chi connectivity index (χ3v) is 5.21. The van der Waals surface area contributed by atoms with Gasteiger partial charge in [-0.2, -0.15) is 0 Å². The highest BCUT2D eigenvalue weighted by atomic mass is 32.1. The maximum atomic E-state index is 11.9. The molecule has 0 atom stereocenters. The summed E-state index contributed by atoms with van der Waals surface area (Å²) < 4.78 is 4.75. The molecule has 1 aromatic heterocycles. The van der Waals surface area contributed by atoms with Gasteiger partial charge in [0.25, 0.3) is 0 Å². The first-order chi connectivity index (χ1) is 10.2. The summed E-state index contributed by atoms with van der Waals surface area (Å²) in [5.41, 5.74) is 0. The average Bonchev–Trinajstić information content (AvgIpc) is 3.24. The number of esters is 1. The molecule has 0 spiro atoms. The maximum Gasteiger partial charge on any atom is 0.397 e. The van der Waals surface area contributed by atoms with Crippen LogP contribution in [0, 0.1) is 0 Å². The van der Waals surface area contributed by atoms with E-state index in [-0.39, 0.29) is 6.61 Å². The minimum Gasteiger partial charge on any atom is -0.459 e. The van der Waals surface area contributed by atoms with E-state index >= 15 is 0 Å². The molecular formula is C14H19N3O3S. The third-order valence-electron chi connectivity index (χ3n) is 3.96. The van der Waals surface area contributed by atoms with Crippen LogP contribution in [0.1, 0.15) is 54.5 Å². The Bertz CT molecular complexity index is 533. The fourth-order valence-corrected chi connectivity index (χ4v) is 3.74. The number of aromatic nitrogens is 2. The van der Waals surface area contributed by atoms with Crippen molar-refractivity contribution in [3.8, 4) is 0 Å². The van der Waals surface area contributed by atoms with Crippen molar-refractivity contribution >= 4 is 23.2 Å².